The molecular weight excluding hydrogens is 352 g/mol. The van der Waals surface area contributed by atoms with Gasteiger partial charge in [-0.15, -0.1) is 0 Å². The molecule has 28 heavy (non-hydrogen) atoms. The zero-order valence-corrected chi connectivity index (χ0v) is 16.1. The fourth-order valence-corrected chi connectivity index (χ4v) is 5.74. The fraction of sp³-hybridized carbons (Fsp3) is 0.636. The molecule has 2 bridgehead atoms. The van der Waals surface area contributed by atoms with Crippen molar-refractivity contribution in [3.63, 3.8) is 0 Å². The number of nitrogens with one attached hydrogen (secondary N) is 1. The number of nitrogens with zero attached hydrogens (tertiary/aromatic N) is 3. The molecule has 3 fully saturated rings. The topological polar surface area (TPSA) is 114 Å². The van der Waals surface area contributed by atoms with Gasteiger partial charge in [0, 0.05) is 6.42 Å². The van der Waals surface area contributed by atoms with Gasteiger partial charge in [0.1, 0.15) is 6.10 Å². The Morgan fingerprint density at radius 1 is 1.21 bits per heavy atom. The van der Waals surface area contributed by atoms with Crippen LogP contribution in [0, 0.1) is 62.1 Å². The average molecular weight is 376 g/mol. The smallest absolute Gasteiger partial charge is 0.217 e. The second-order valence-electron chi connectivity index (χ2n) is 8.59. The molecule has 1 N–H and O–H groups in total. The Balaban J connectivity index is 1.86. The van der Waals surface area contributed by atoms with Gasteiger partial charge in [-0.25, -0.2) is 0 Å². The average Bonchev–Trinajstić information content (AvgIpc) is 2.92. The molecule has 6 heteroatoms. The molecule has 5 atom stereocenters. The van der Waals surface area contributed by atoms with Gasteiger partial charge in [0.15, 0.2) is 5.41 Å². The minimum atomic E-state index is -1.79. The molecule has 144 valence electrons. The number of rotatable bonds is 2. The SMILES string of the molecule is C=C(C)C1CC=C(C2OC34CCCCC3C(C#N)(C(=N)O4)C2(C#N)C#N)CC1. The summed E-state index contributed by atoms with van der Waals surface area (Å²) in [6, 6.07) is 6.51. The Kier molecular flexibility index (Phi) is 4.14. The van der Waals surface area contributed by atoms with Crippen molar-refractivity contribution < 1.29 is 9.47 Å². The van der Waals surface area contributed by atoms with Crippen molar-refractivity contribution >= 4 is 5.90 Å². The van der Waals surface area contributed by atoms with Crippen LogP contribution >= 0.6 is 0 Å². The van der Waals surface area contributed by atoms with E-state index in [0.29, 0.717) is 25.2 Å². The first-order valence-electron chi connectivity index (χ1n) is 9.94. The molecule has 2 aliphatic carbocycles. The van der Waals surface area contributed by atoms with E-state index in [2.05, 4.69) is 24.8 Å². The Hall–Kier alpha value is -2.62. The minimum Gasteiger partial charge on any atom is -0.447 e. The van der Waals surface area contributed by atoms with Crippen molar-refractivity contribution in [2.45, 2.75) is 63.8 Å². The molecule has 0 aromatic heterocycles. The van der Waals surface area contributed by atoms with Crippen molar-refractivity contribution in [2.24, 2.45) is 22.7 Å². The summed E-state index contributed by atoms with van der Waals surface area (Å²) in [6.07, 6.45) is 6.48. The Morgan fingerprint density at radius 2 is 1.96 bits per heavy atom. The predicted molar refractivity (Wildman–Crippen MR) is 100 cm³/mol. The van der Waals surface area contributed by atoms with Crippen LogP contribution in [-0.4, -0.2) is 17.8 Å². The lowest BCUT2D eigenvalue weighted by Gasteiger charge is -2.52. The Labute approximate surface area is 165 Å². The number of hydrogen-bond donors (Lipinski definition) is 1. The summed E-state index contributed by atoms with van der Waals surface area (Å²) < 4.78 is 12.4. The van der Waals surface area contributed by atoms with Gasteiger partial charge in [-0.05, 0) is 50.5 Å². The van der Waals surface area contributed by atoms with Crippen LogP contribution in [0.15, 0.2) is 23.8 Å². The van der Waals surface area contributed by atoms with E-state index >= 15 is 0 Å². The molecule has 4 rings (SSSR count). The highest BCUT2D eigenvalue weighted by atomic mass is 16.7. The predicted octanol–water partition coefficient (Wildman–Crippen LogP) is 4.13. The molecule has 1 saturated carbocycles. The highest BCUT2D eigenvalue weighted by Gasteiger charge is 2.80. The van der Waals surface area contributed by atoms with Gasteiger partial charge >= 0.3 is 0 Å². The highest BCUT2D eigenvalue weighted by molar-refractivity contribution is 5.89. The van der Waals surface area contributed by atoms with Crippen LogP contribution in [0.3, 0.4) is 0 Å². The normalized spacial score (nSPS) is 40.7. The number of allylic oxidation sites excluding steroid dienone is 2. The van der Waals surface area contributed by atoms with E-state index in [1.165, 1.54) is 0 Å². The van der Waals surface area contributed by atoms with Crippen molar-refractivity contribution in [3.8, 4) is 18.2 Å². The molecule has 0 spiro atoms. The third-order valence-electron chi connectivity index (χ3n) is 7.30. The van der Waals surface area contributed by atoms with Gasteiger partial charge < -0.3 is 9.47 Å². The molecule has 2 heterocycles. The Bertz CT molecular complexity index is 887. The zero-order chi connectivity index (χ0) is 20.2. The van der Waals surface area contributed by atoms with Crippen molar-refractivity contribution in [1.29, 1.82) is 21.2 Å². The molecule has 6 nitrogen and oxygen atoms in total. The number of ether oxygens (including phenoxy) is 2. The summed E-state index contributed by atoms with van der Waals surface area (Å²) >= 11 is 0. The molecule has 0 radical (unpaired) electrons. The highest BCUT2D eigenvalue weighted by Crippen LogP contribution is 2.67. The van der Waals surface area contributed by atoms with E-state index in [1.54, 1.807) is 0 Å². The van der Waals surface area contributed by atoms with Crippen LogP contribution in [0.1, 0.15) is 51.9 Å². The van der Waals surface area contributed by atoms with E-state index in [4.69, 9.17) is 14.9 Å². The van der Waals surface area contributed by atoms with Gasteiger partial charge in [0.25, 0.3) is 0 Å². The van der Waals surface area contributed by atoms with Gasteiger partial charge in [-0.2, -0.15) is 15.8 Å². The van der Waals surface area contributed by atoms with E-state index in [1.807, 2.05) is 13.0 Å². The molecule has 2 saturated heterocycles. The lowest BCUT2D eigenvalue weighted by Crippen LogP contribution is -2.63. The summed E-state index contributed by atoms with van der Waals surface area (Å²) in [6.45, 7) is 6.06. The minimum absolute atomic E-state index is 0.274. The quantitative estimate of drug-likeness (QED) is 0.728. The molecule has 0 aromatic carbocycles. The summed E-state index contributed by atoms with van der Waals surface area (Å²) in [7, 11) is 0. The zero-order valence-electron chi connectivity index (χ0n) is 16.1. The third-order valence-corrected chi connectivity index (χ3v) is 7.30. The van der Waals surface area contributed by atoms with Crippen molar-refractivity contribution in [1.82, 2.24) is 0 Å². The van der Waals surface area contributed by atoms with E-state index in [9.17, 15) is 15.8 Å². The summed E-state index contributed by atoms with van der Waals surface area (Å²) in [4.78, 5) is 0. The third kappa shape index (κ3) is 2.06. The lowest BCUT2D eigenvalue weighted by molar-refractivity contribution is -0.283. The van der Waals surface area contributed by atoms with Crippen LogP contribution in [-0.2, 0) is 9.47 Å². The van der Waals surface area contributed by atoms with Crippen molar-refractivity contribution in [3.05, 3.63) is 23.8 Å². The second kappa shape index (κ2) is 6.20. The van der Waals surface area contributed by atoms with Crippen LogP contribution in [0.4, 0.5) is 0 Å². The molecule has 5 unspecified atom stereocenters. The lowest BCUT2D eigenvalue weighted by atomic mass is 9.51. The van der Waals surface area contributed by atoms with Crippen LogP contribution < -0.4 is 0 Å². The first-order valence-corrected chi connectivity index (χ1v) is 9.94. The molecule has 0 amide bonds. The second-order valence-corrected chi connectivity index (χ2v) is 8.59. The molecule has 0 aromatic rings. The van der Waals surface area contributed by atoms with E-state index in [0.717, 1.165) is 36.8 Å². The fourth-order valence-electron chi connectivity index (χ4n) is 5.74. The standard InChI is InChI=1S/C22H24N4O2/c1-14(2)15-6-8-16(9-7-15)18-20(11-23,12-24)21(13-25)17-5-3-4-10-22(17,27-18)28-19(21)26/h8,15,17-18,26H,1,3-7,9-10H2,2H3. The summed E-state index contributed by atoms with van der Waals surface area (Å²) in [5.74, 6) is -1.43. The maximum absolute atomic E-state index is 10.2. The van der Waals surface area contributed by atoms with Gasteiger partial charge in [0.05, 0.1) is 24.1 Å². The van der Waals surface area contributed by atoms with Gasteiger partial charge in [0.2, 0.25) is 17.1 Å². The van der Waals surface area contributed by atoms with Gasteiger partial charge in [-0.3, -0.25) is 5.41 Å². The van der Waals surface area contributed by atoms with E-state index < -0.39 is 28.6 Å². The monoisotopic (exact) mass is 376 g/mol. The largest absolute Gasteiger partial charge is 0.447 e. The maximum atomic E-state index is 10.2. The molecule has 4 aliphatic rings. The first-order chi connectivity index (χ1) is 13.4. The van der Waals surface area contributed by atoms with Crippen LogP contribution in [0.5, 0.6) is 0 Å². The first kappa shape index (κ1) is 18.7. The van der Waals surface area contributed by atoms with Crippen LogP contribution in [0.2, 0.25) is 0 Å². The maximum Gasteiger partial charge on any atom is 0.217 e. The molecular formula is C22H24N4O2. The number of hydrogen-bond acceptors (Lipinski definition) is 6. The van der Waals surface area contributed by atoms with Crippen LogP contribution in [0.25, 0.3) is 0 Å². The Morgan fingerprint density at radius 3 is 2.54 bits per heavy atom. The van der Waals surface area contributed by atoms with Gasteiger partial charge in [-0.1, -0.05) is 24.6 Å². The summed E-state index contributed by atoms with van der Waals surface area (Å²) in [5, 5.41) is 39.2. The van der Waals surface area contributed by atoms with Crippen molar-refractivity contribution in [2.75, 3.05) is 0 Å². The number of nitriles is 3. The summed E-state index contributed by atoms with van der Waals surface area (Å²) in [5.41, 5.74) is -1.38. The molecule has 2 aliphatic heterocycles. The van der Waals surface area contributed by atoms with E-state index in [-0.39, 0.29) is 5.90 Å².